The van der Waals surface area contributed by atoms with Crippen LogP contribution in [0, 0.1) is 6.92 Å². The van der Waals surface area contributed by atoms with E-state index in [2.05, 4.69) is 11.0 Å². The minimum Gasteiger partial charge on any atom is -0.366 e. The van der Waals surface area contributed by atoms with Crippen molar-refractivity contribution in [2.24, 2.45) is 11.5 Å². The van der Waals surface area contributed by atoms with Crippen LogP contribution in [-0.4, -0.2) is 24.0 Å². The average Bonchev–Trinajstić information content (AvgIpc) is 2.61. The first kappa shape index (κ1) is 12.5. The molecule has 102 valence electrons. The second-order valence-electron chi connectivity index (χ2n) is 5.89. The molecule has 4 nitrogen and oxygen atoms in total. The van der Waals surface area contributed by atoms with E-state index in [1.54, 1.807) is 0 Å². The first-order chi connectivity index (χ1) is 9.06. The predicted molar refractivity (Wildman–Crippen MR) is 76.2 cm³/mol. The molecule has 0 spiro atoms. The van der Waals surface area contributed by atoms with Crippen LogP contribution in [0.5, 0.6) is 0 Å². The zero-order valence-electron chi connectivity index (χ0n) is 11.3. The molecule has 2 atom stereocenters. The van der Waals surface area contributed by atoms with E-state index in [1.807, 2.05) is 19.1 Å². The molecular weight excluding hydrogens is 238 g/mol. The highest BCUT2D eigenvalue weighted by Crippen LogP contribution is 2.39. The van der Waals surface area contributed by atoms with Gasteiger partial charge in [0.2, 0.25) is 5.91 Å². The Kier molecular flexibility index (Phi) is 2.97. The van der Waals surface area contributed by atoms with Crippen LogP contribution in [0.15, 0.2) is 18.2 Å². The van der Waals surface area contributed by atoms with E-state index in [0.717, 1.165) is 18.4 Å². The van der Waals surface area contributed by atoms with Crippen LogP contribution >= 0.6 is 0 Å². The Morgan fingerprint density at radius 1 is 1.26 bits per heavy atom. The van der Waals surface area contributed by atoms with Crippen LogP contribution in [0.2, 0.25) is 0 Å². The van der Waals surface area contributed by atoms with Crippen LogP contribution in [0.1, 0.15) is 41.6 Å². The molecule has 2 unspecified atom stereocenters. The standard InChI is InChI=1S/C15H21N3O/c1-9-6-11(4-5-14(9)15(17)19)18-12-2-3-13(18)8-10(16)7-12/h4-6,10,12-13H,2-3,7-8,16H2,1H3,(H2,17,19). The van der Waals surface area contributed by atoms with Crippen molar-refractivity contribution in [2.75, 3.05) is 4.90 Å². The third-order valence-corrected chi connectivity index (χ3v) is 4.54. The summed E-state index contributed by atoms with van der Waals surface area (Å²) in [5.74, 6) is -0.354. The Bertz CT molecular complexity index is 500. The number of primary amides is 1. The van der Waals surface area contributed by atoms with Gasteiger partial charge in [-0.05, 0) is 56.4 Å². The van der Waals surface area contributed by atoms with Gasteiger partial charge in [-0.2, -0.15) is 0 Å². The Balaban J connectivity index is 1.91. The van der Waals surface area contributed by atoms with Crippen molar-refractivity contribution in [3.05, 3.63) is 29.3 Å². The lowest BCUT2D eigenvalue weighted by Crippen LogP contribution is -2.47. The number of carbonyl (C=O) groups is 1. The summed E-state index contributed by atoms with van der Waals surface area (Å²) in [5.41, 5.74) is 14.2. The summed E-state index contributed by atoms with van der Waals surface area (Å²) < 4.78 is 0. The number of carbonyl (C=O) groups excluding carboxylic acids is 1. The van der Waals surface area contributed by atoms with Crippen molar-refractivity contribution in [3.8, 4) is 0 Å². The molecule has 3 rings (SSSR count). The van der Waals surface area contributed by atoms with Crippen molar-refractivity contribution < 1.29 is 4.79 Å². The second kappa shape index (κ2) is 4.53. The smallest absolute Gasteiger partial charge is 0.248 e. The quantitative estimate of drug-likeness (QED) is 0.846. The van der Waals surface area contributed by atoms with Gasteiger partial charge in [-0.1, -0.05) is 0 Å². The molecule has 1 aromatic carbocycles. The van der Waals surface area contributed by atoms with Crippen molar-refractivity contribution in [1.82, 2.24) is 0 Å². The van der Waals surface area contributed by atoms with Gasteiger partial charge in [0, 0.05) is 29.4 Å². The molecule has 2 saturated heterocycles. The third kappa shape index (κ3) is 2.10. The lowest BCUT2D eigenvalue weighted by Gasteiger charge is -2.39. The number of benzene rings is 1. The number of aryl methyl sites for hydroxylation is 1. The lowest BCUT2D eigenvalue weighted by atomic mass is 9.96. The number of hydrogen-bond donors (Lipinski definition) is 2. The second-order valence-corrected chi connectivity index (χ2v) is 5.89. The zero-order chi connectivity index (χ0) is 13.6. The van der Waals surface area contributed by atoms with Gasteiger partial charge in [0.15, 0.2) is 0 Å². The number of nitrogens with two attached hydrogens (primary N) is 2. The fraction of sp³-hybridized carbons (Fsp3) is 0.533. The summed E-state index contributed by atoms with van der Waals surface area (Å²) in [6.45, 7) is 1.95. The normalized spacial score (nSPS) is 29.6. The minimum atomic E-state index is -0.354. The van der Waals surface area contributed by atoms with Gasteiger partial charge in [-0.25, -0.2) is 0 Å². The maximum atomic E-state index is 11.3. The summed E-state index contributed by atoms with van der Waals surface area (Å²) in [4.78, 5) is 13.8. The first-order valence-electron chi connectivity index (χ1n) is 7.00. The van der Waals surface area contributed by atoms with Crippen molar-refractivity contribution in [3.63, 3.8) is 0 Å². The molecule has 0 saturated carbocycles. The Hall–Kier alpha value is -1.55. The number of amides is 1. The van der Waals surface area contributed by atoms with E-state index < -0.39 is 0 Å². The zero-order valence-corrected chi connectivity index (χ0v) is 11.3. The SMILES string of the molecule is Cc1cc(N2C3CCC2CC(N)C3)ccc1C(N)=O. The van der Waals surface area contributed by atoms with Gasteiger partial charge < -0.3 is 16.4 Å². The summed E-state index contributed by atoms with van der Waals surface area (Å²) in [6, 6.07) is 7.43. The molecule has 4 N–H and O–H groups in total. The Morgan fingerprint density at radius 2 is 1.89 bits per heavy atom. The molecule has 0 aliphatic carbocycles. The van der Waals surface area contributed by atoms with Crippen LogP contribution in [0.3, 0.4) is 0 Å². The molecule has 19 heavy (non-hydrogen) atoms. The van der Waals surface area contributed by atoms with E-state index in [0.29, 0.717) is 23.7 Å². The van der Waals surface area contributed by atoms with Crippen LogP contribution in [-0.2, 0) is 0 Å². The van der Waals surface area contributed by atoms with E-state index in [-0.39, 0.29) is 5.91 Å². The number of fused-ring (bicyclic) bond motifs is 2. The summed E-state index contributed by atoms with van der Waals surface area (Å²) in [7, 11) is 0. The molecule has 0 aromatic heterocycles. The molecule has 1 amide bonds. The van der Waals surface area contributed by atoms with Crippen LogP contribution in [0.4, 0.5) is 5.69 Å². The van der Waals surface area contributed by atoms with Gasteiger partial charge in [-0.3, -0.25) is 4.79 Å². The van der Waals surface area contributed by atoms with E-state index >= 15 is 0 Å². The number of nitrogens with zero attached hydrogens (tertiary/aromatic N) is 1. The number of hydrogen-bond acceptors (Lipinski definition) is 3. The average molecular weight is 259 g/mol. The predicted octanol–water partition coefficient (Wildman–Crippen LogP) is 1.55. The maximum absolute atomic E-state index is 11.3. The van der Waals surface area contributed by atoms with Crippen LogP contribution < -0.4 is 16.4 Å². The Labute approximate surface area is 113 Å². The van der Waals surface area contributed by atoms with Gasteiger partial charge in [0.05, 0.1) is 0 Å². The summed E-state index contributed by atoms with van der Waals surface area (Å²) in [5, 5.41) is 0. The first-order valence-corrected chi connectivity index (χ1v) is 7.00. The highest BCUT2D eigenvalue weighted by molar-refractivity contribution is 5.94. The number of rotatable bonds is 2. The van der Waals surface area contributed by atoms with E-state index in [9.17, 15) is 4.79 Å². The highest BCUT2D eigenvalue weighted by Gasteiger charge is 2.39. The topological polar surface area (TPSA) is 72.3 Å². The van der Waals surface area contributed by atoms with Gasteiger partial charge >= 0.3 is 0 Å². The van der Waals surface area contributed by atoms with Crippen LogP contribution in [0.25, 0.3) is 0 Å². The summed E-state index contributed by atoms with van der Waals surface area (Å²) >= 11 is 0. The minimum absolute atomic E-state index is 0.347. The number of piperidine rings is 1. The molecule has 0 radical (unpaired) electrons. The Morgan fingerprint density at radius 3 is 2.42 bits per heavy atom. The maximum Gasteiger partial charge on any atom is 0.248 e. The third-order valence-electron chi connectivity index (χ3n) is 4.54. The largest absolute Gasteiger partial charge is 0.366 e. The van der Waals surface area contributed by atoms with E-state index in [4.69, 9.17) is 11.5 Å². The molecule has 4 heteroatoms. The van der Waals surface area contributed by atoms with E-state index in [1.165, 1.54) is 18.5 Å². The summed E-state index contributed by atoms with van der Waals surface area (Å²) in [6.07, 6.45) is 4.62. The lowest BCUT2D eigenvalue weighted by molar-refractivity contribution is 0.1000. The molecule has 2 aliphatic heterocycles. The van der Waals surface area contributed by atoms with Crippen molar-refractivity contribution >= 4 is 11.6 Å². The van der Waals surface area contributed by atoms with Gasteiger partial charge in [-0.15, -0.1) is 0 Å². The molecular formula is C15H21N3O. The van der Waals surface area contributed by atoms with Gasteiger partial charge in [0.25, 0.3) is 0 Å². The fourth-order valence-corrected chi connectivity index (χ4v) is 3.73. The monoisotopic (exact) mass is 259 g/mol. The van der Waals surface area contributed by atoms with Crippen molar-refractivity contribution in [1.29, 1.82) is 0 Å². The molecule has 2 bridgehead atoms. The van der Waals surface area contributed by atoms with Crippen molar-refractivity contribution in [2.45, 2.75) is 50.7 Å². The molecule has 1 aromatic rings. The highest BCUT2D eigenvalue weighted by atomic mass is 16.1. The molecule has 2 fully saturated rings. The van der Waals surface area contributed by atoms with Gasteiger partial charge in [0.1, 0.15) is 0 Å². The fourth-order valence-electron chi connectivity index (χ4n) is 3.73. The number of anilines is 1. The molecule has 2 heterocycles. The molecule has 2 aliphatic rings.